The maximum atomic E-state index is 5.63. The molecule has 2 unspecified atom stereocenters. The minimum atomic E-state index is 0.479. The number of hydrogen-bond acceptors (Lipinski definition) is 4. The molecule has 1 aliphatic rings. The Labute approximate surface area is 120 Å². The summed E-state index contributed by atoms with van der Waals surface area (Å²) in [5.41, 5.74) is 0. The Morgan fingerprint density at radius 1 is 1.47 bits per heavy atom. The molecule has 1 N–H and O–H groups in total. The molecule has 1 aliphatic heterocycles. The Hall–Kier alpha value is -0.710. The van der Waals surface area contributed by atoms with Crippen molar-refractivity contribution in [1.29, 1.82) is 0 Å². The zero-order valence-corrected chi connectivity index (χ0v) is 12.5. The molecule has 0 radical (unpaired) electrons. The highest BCUT2D eigenvalue weighted by Crippen LogP contribution is 2.31. The second-order valence-corrected chi connectivity index (χ2v) is 6.07. The first-order valence-corrected chi connectivity index (χ1v) is 7.83. The molecule has 1 heterocycles. The highest BCUT2D eigenvalue weighted by atomic mass is 32.2. The molecule has 1 aromatic rings. The lowest BCUT2D eigenvalue weighted by Gasteiger charge is -2.32. The Kier molecular flexibility index (Phi) is 6.01. The molecule has 106 valence electrons. The summed E-state index contributed by atoms with van der Waals surface area (Å²) in [6.07, 6.45) is 2.27. The minimum Gasteiger partial charge on any atom is -0.497 e. The molecule has 0 aromatic heterocycles. The van der Waals surface area contributed by atoms with E-state index in [1.54, 1.807) is 7.11 Å². The van der Waals surface area contributed by atoms with Gasteiger partial charge in [-0.3, -0.25) is 0 Å². The van der Waals surface area contributed by atoms with Crippen LogP contribution in [0.4, 0.5) is 0 Å². The standard InChI is InChI=1S/C15H23NO2S/c1-3-8-16-14-7-9-18-11-15(14)19-13-6-4-5-12(10-13)17-2/h4-6,10,14-16H,3,7-9,11H2,1-2H3. The minimum absolute atomic E-state index is 0.479. The molecule has 0 spiro atoms. The van der Waals surface area contributed by atoms with Crippen LogP contribution in [0.2, 0.25) is 0 Å². The van der Waals surface area contributed by atoms with Gasteiger partial charge in [-0.1, -0.05) is 13.0 Å². The summed E-state index contributed by atoms with van der Waals surface area (Å²) in [5.74, 6) is 0.916. The van der Waals surface area contributed by atoms with E-state index in [4.69, 9.17) is 9.47 Å². The SMILES string of the molecule is CCCNC1CCOCC1Sc1cccc(OC)c1. The molecule has 0 bridgehead atoms. The third-order valence-electron chi connectivity index (χ3n) is 3.29. The average Bonchev–Trinajstić information content (AvgIpc) is 2.46. The molecule has 1 aromatic carbocycles. The molecular weight excluding hydrogens is 258 g/mol. The summed E-state index contributed by atoms with van der Waals surface area (Å²) < 4.78 is 10.9. The topological polar surface area (TPSA) is 30.5 Å². The number of benzene rings is 1. The van der Waals surface area contributed by atoms with Gasteiger partial charge >= 0.3 is 0 Å². The van der Waals surface area contributed by atoms with Crippen LogP contribution in [-0.4, -0.2) is 38.2 Å². The normalized spacial score (nSPS) is 23.3. The fourth-order valence-electron chi connectivity index (χ4n) is 2.24. The third-order valence-corrected chi connectivity index (χ3v) is 4.58. The predicted octanol–water partition coefficient (Wildman–Crippen LogP) is 2.94. The largest absolute Gasteiger partial charge is 0.497 e. The van der Waals surface area contributed by atoms with Crippen LogP contribution in [0.1, 0.15) is 19.8 Å². The number of rotatable bonds is 6. The number of methoxy groups -OCH3 is 1. The van der Waals surface area contributed by atoms with Crippen LogP contribution in [-0.2, 0) is 4.74 Å². The quantitative estimate of drug-likeness (QED) is 0.868. The molecule has 0 saturated carbocycles. The zero-order chi connectivity index (χ0) is 13.5. The summed E-state index contributed by atoms with van der Waals surface area (Å²) in [6, 6.07) is 8.80. The van der Waals surface area contributed by atoms with Gasteiger partial charge in [0.2, 0.25) is 0 Å². The monoisotopic (exact) mass is 281 g/mol. The second-order valence-electron chi connectivity index (χ2n) is 4.76. The first-order chi connectivity index (χ1) is 9.33. The van der Waals surface area contributed by atoms with Gasteiger partial charge in [-0.15, -0.1) is 11.8 Å². The van der Waals surface area contributed by atoms with Crippen LogP contribution in [0.3, 0.4) is 0 Å². The Balaban J connectivity index is 1.97. The molecule has 3 nitrogen and oxygen atoms in total. The van der Waals surface area contributed by atoms with Crippen molar-refractivity contribution in [1.82, 2.24) is 5.32 Å². The van der Waals surface area contributed by atoms with E-state index in [0.29, 0.717) is 11.3 Å². The van der Waals surface area contributed by atoms with Gasteiger partial charge in [0.25, 0.3) is 0 Å². The molecule has 0 amide bonds. The summed E-state index contributed by atoms with van der Waals surface area (Å²) >= 11 is 1.89. The van der Waals surface area contributed by atoms with Gasteiger partial charge in [-0.05, 0) is 37.6 Å². The fourth-order valence-corrected chi connectivity index (χ4v) is 3.49. The van der Waals surface area contributed by atoms with E-state index in [-0.39, 0.29) is 0 Å². The number of hydrogen-bond donors (Lipinski definition) is 1. The van der Waals surface area contributed by atoms with Gasteiger partial charge in [0.15, 0.2) is 0 Å². The Morgan fingerprint density at radius 3 is 3.16 bits per heavy atom. The second kappa shape index (κ2) is 7.78. The van der Waals surface area contributed by atoms with Crippen molar-refractivity contribution >= 4 is 11.8 Å². The van der Waals surface area contributed by atoms with Crippen molar-refractivity contribution in [3.05, 3.63) is 24.3 Å². The van der Waals surface area contributed by atoms with Crippen molar-refractivity contribution in [3.63, 3.8) is 0 Å². The van der Waals surface area contributed by atoms with Crippen LogP contribution < -0.4 is 10.1 Å². The van der Waals surface area contributed by atoms with E-state index in [2.05, 4.69) is 24.4 Å². The van der Waals surface area contributed by atoms with Gasteiger partial charge in [-0.25, -0.2) is 0 Å². The molecule has 0 aliphatic carbocycles. The van der Waals surface area contributed by atoms with Crippen molar-refractivity contribution < 1.29 is 9.47 Å². The molecule has 2 rings (SSSR count). The van der Waals surface area contributed by atoms with Gasteiger partial charge in [-0.2, -0.15) is 0 Å². The third kappa shape index (κ3) is 4.41. The molecular formula is C15H23NO2S. The van der Waals surface area contributed by atoms with Gasteiger partial charge in [0.1, 0.15) is 5.75 Å². The van der Waals surface area contributed by atoms with E-state index in [1.165, 1.54) is 11.3 Å². The smallest absolute Gasteiger partial charge is 0.119 e. The highest BCUT2D eigenvalue weighted by molar-refractivity contribution is 8.00. The van der Waals surface area contributed by atoms with Crippen LogP contribution in [0, 0.1) is 0 Å². The van der Waals surface area contributed by atoms with Gasteiger partial charge in [0, 0.05) is 22.8 Å². The predicted molar refractivity (Wildman–Crippen MR) is 80.2 cm³/mol. The number of ether oxygens (including phenoxy) is 2. The van der Waals surface area contributed by atoms with E-state index in [9.17, 15) is 0 Å². The molecule has 19 heavy (non-hydrogen) atoms. The van der Waals surface area contributed by atoms with Crippen molar-refractivity contribution in [3.8, 4) is 5.75 Å². The van der Waals surface area contributed by atoms with Crippen molar-refractivity contribution in [2.45, 2.75) is 36.0 Å². The number of thioether (sulfide) groups is 1. The summed E-state index contributed by atoms with van der Waals surface area (Å²) in [6.45, 7) is 4.98. The van der Waals surface area contributed by atoms with E-state index in [0.717, 1.165) is 31.9 Å². The van der Waals surface area contributed by atoms with Gasteiger partial charge < -0.3 is 14.8 Å². The first kappa shape index (κ1) is 14.7. The van der Waals surface area contributed by atoms with E-state index in [1.807, 2.05) is 23.9 Å². The zero-order valence-electron chi connectivity index (χ0n) is 11.7. The molecule has 4 heteroatoms. The van der Waals surface area contributed by atoms with Crippen LogP contribution >= 0.6 is 11.8 Å². The van der Waals surface area contributed by atoms with Gasteiger partial charge in [0.05, 0.1) is 13.7 Å². The van der Waals surface area contributed by atoms with Crippen LogP contribution in [0.25, 0.3) is 0 Å². The Morgan fingerprint density at radius 2 is 2.37 bits per heavy atom. The summed E-state index contributed by atoms with van der Waals surface area (Å²) in [5, 5.41) is 4.12. The first-order valence-electron chi connectivity index (χ1n) is 6.95. The van der Waals surface area contributed by atoms with Crippen molar-refractivity contribution in [2.24, 2.45) is 0 Å². The van der Waals surface area contributed by atoms with Crippen LogP contribution in [0.5, 0.6) is 5.75 Å². The maximum absolute atomic E-state index is 5.63. The lowest BCUT2D eigenvalue weighted by Crippen LogP contribution is -2.45. The molecule has 2 atom stereocenters. The lowest BCUT2D eigenvalue weighted by molar-refractivity contribution is 0.0833. The van der Waals surface area contributed by atoms with Crippen LogP contribution in [0.15, 0.2) is 29.2 Å². The highest BCUT2D eigenvalue weighted by Gasteiger charge is 2.26. The molecule has 1 fully saturated rings. The van der Waals surface area contributed by atoms with E-state index >= 15 is 0 Å². The molecule has 1 saturated heterocycles. The number of nitrogens with one attached hydrogen (secondary N) is 1. The average molecular weight is 281 g/mol. The van der Waals surface area contributed by atoms with E-state index < -0.39 is 0 Å². The maximum Gasteiger partial charge on any atom is 0.119 e. The summed E-state index contributed by atoms with van der Waals surface area (Å²) in [7, 11) is 1.71. The fraction of sp³-hybridized carbons (Fsp3) is 0.600. The Bertz CT molecular complexity index is 386. The van der Waals surface area contributed by atoms with Crippen molar-refractivity contribution in [2.75, 3.05) is 26.9 Å². The lowest BCUT2D eigenvalue weighted by atomic mass is 10.1. The summed E-state index contributed by atoms with van der Waals surface area (Å²) in [4.78, 5) is 1.25.